The van der Waals surface area contributed by atoms with Crippen molar-refractivity contribution >= 4 is 28.8 Å². The quantitative estimate of drug-likeness (QED) is 0.558. The van der Waals surface area contributed by atoms with Crippen LogP contribution in [0.4, 0.5) is 0 Å². The highest BCUT2D eigenvalue weighted by Crippen LogP contribution is 2.14. The zero-order chi connectivity index (χ0) is 7.40. The van der Waals surface area contributed by atoms with Gasteiger partial charge in [0, 0.05) is 19.1 Å². The number of halogens is 1. The number of hydrogen-bond donors (Lipinski definition) is 1. The van der Waals surface area contributed by atoms with Gasteiger partial charge in [-0.05, 0) is 12.8 Å². The maximum absolute atomic E-state index is 11.0. The highest BCUT2D eigenvalue weighted by atomic mass is 127. The minimum absolute atomic E-state index is 0.143. The van der Waals surface area contributed by atoms with Crippen molar-refractivity contribution in [3.05, 3.63) is 0 Å². The van der Waals surface area contributed by atoms with E-state index in [1.54, 1.807) is 0 Å². The molecule has 0 saturated carbocycles. The van der Waals surface area contributed by atoms with Crippen LogP contribution in [0.2, 0.25) is 0 Å². The normalized spacial score (nSPS) is 20.5. The summed E-state index contributed by atoms with van der Waals surface area (Å²) in [5.74, 6) is 0.328. The third kappa shape index (κ3) is 2.09. The Hall–Kier alpha value is 0.160. The first kappa shape index (κ1) is 8.26. The Morgan fingerprint density at radius 3 is 2.60 bits per heavy atom. The Morgan fingerprint density at radius 2 is 2.10 bits per heavy atom. The van der Waals surface area contributed by atoms with Gasteiger partial charge in [0.1, 0.15) is 0 Å². The molecule has 0 aliphatic carbocycles. The van der Waals surface area contributed by atoms with Gasteiger partial charge < -0.3 is 4.74 Å². The molecule has 10 heavy (non-hydrogen) atoms. The van der Waals surface area contributed by atoms with E-state index in [1.807, 2.05) is 22.9 Å². The van der Waals surface area contributed by atoms with Gasteiger partial charge in [-0.15, -0.1) is 0 Å². The fourth-order valence-corrected chi connectivity index (χ4v) is 1.48. The lowest BCUT2D eigenvalue weighted by atomic mass is 10.0. The van der Waals surface area contributed by atoms with Crippen LogP contribution < -0.4 is 3.53 Å². The molecule has 0 aromatic carbocycles. The molecule has 1 fully saturated rings. The number of carbonyl (C=O) groups is 1. The molecule has 0 atom stereocenters. The average Bonchev–Trinajstić information content (AvgIpc) is 2.05. The summed E-state index contributed by atoms with van der Waals surface area (Å²) in [6, 6.07) is 0. The lowest BCUT2D eigenvalue weighted by Crippen LogP contribution is -2.28. The van der Waals surface area contributed by atoms with Gasteiger partial charge in [-0.3, -0.25) is 8.32 Å². The second-order valence-corrected chi connectivity index (χ2v) is 2.88. The van der Waals surface area contributed by atoms with Crippen LogP contribution in [0.5, 0.6) is 0 Å². The molecule has 1 aliphatic heterocycles. The summed E-state index contributed by atoms with van der Waals surface area (Å²) >= 11 is 1.88. The van der Waals surface area contributed by atoms with Crippen molar-refractivity contribution in [1.29, 1.82) is 0 Å². The van der Waals surface area contributed by atoms with Crippen molar-refractivity contribution < 1.29 is 9.53 Å². The van der Waals surface area contributed by atoms with Crippen LogP contribution in [0.1, 0.15) is 12.8 Å². The average molecular weight is 255 g/mol. The van der Waals surface area contributed by atoms with Gasteiger partial charge in [0.15, 0.2) is 0 Å². The molecule has 1 heterocycles. The molecule has 58 valence electrons. The summed E-state index contributed by atoms with van der Waals surface area (Å²) in [6.45, 7) is 1.46. The number of nitrogens with one attached hydrogen (secondary N) is 1. The van der Waals surface area contributed by atoms with E-state index in [4.69, 9.17) is 4.74 Å². The van der Waals surface area contributed by atoms with E-state index in [-0.39, 0.29) is 11.8 Å². The molecule has 0 bridgehead atoms. The largest absolute Gasteiger partial charge is 0.381 e. The monoisotopic (exact) mass is 255 g/mol. The predicted octanol–water partition coefficient (Wildman–Crippen LogP) is 0.879. The van der Waals surface area contributed by atoms with Gasteiger partial charge in [-0.2, -0.15) is 0 Å². The fourth-order valence-electron chi connectivity index (χ4n) is 1.04. The Kier molecular flexibility index (Phi) is 3.41. The van der Waals surface area contributed by atoms with Crippen molar-refractivity contribution in [3.63, 3.8) is 0 Å². The maximum Gasteiger partial charge on any atom is 0.231 e. The number of ether oxygens (including phenoxy) is 1. The standard InChI is InChI=1S/C6H10INO2/c7-8-6(9)5-1-3-10-4-2-5/h5H,1-4H2,(H,8,9). The van der Waals surface area contributed by atoms with Gasteiger partial charge in [0.2, 0.25) is 5.91 Å². The smallest absolute Gasteiger partial charge is 0.231 e. The van der Waals surface area contributed by atoms with E-state index in [9.17, 15) is 4.79 Å². The Balaban J connectivity index is 2.31. The summed E-state index contributed by atoms with van der Waals surface area (Å²) in [7, 11) is 0. The molecule has 0 spiro atoms. The third-order valence-electron chi connectivity index (χ3n) is 1.69. The summed E-state index contributed by atoms with van der Waals surface area (Å²) in [4.78, 5) is 11.0. The van der Waals surface area contributed by atoms with Gasteiger partial charge in [-0.25, -0.2) is 0 Å². The van der Waals surface area contributed by atoms with Crippen molar-refractivity contribution in [1.82, 2.24) is 3.53 Å². The molecule has 1 aliphatic rings. The molecule has 1 rings (SSSR count). The molecule has 1 N–H and O–H groups in total. The summed E-state index contributed by atoms with van der Waals surface area (Å²) in [5.41, 5.74) is 0. The second-order valence-electron chi connectivity index (χ2n) is 2.35. The van der Waals surface area contributed by atoms with E-state index in [0.29, 0.717) is 0 Å². The third-order valence-corrected chi connectivity index (χ3v) is 2.22. The van der Waals surface area contributed by atoms with Crippen LogP contribution >= 0.6 is 22.9 Å². The predicted molar refractivity (Wildman–Crippen MR) is 45.7 cm³/mol. The zero-order valence-corrected chi connectivity index (χ0v) is 7.76. The molecule has 0 unspecified atom stereocenters. The van der Waals surface area contributed by atoms with Gasteiger partial charge in [0.05, 0.1) is 22.9 Å². The molecule has 3 nitrogen and oxygen atoms in total. The lowest BCUT2D eigenvalue weighted by Gasteiger charge is -2.19. The zero-order valence-electron chi connectivity index (χ0n) is 5.60. The van der Waals surface area contributed by atoms with Gasteiger partial charge in [0.25, 0.3) is 0 Å². The highest BCUT2D eigenvalue weighted by molar-refractivity contribution is 14.1. The molecular weight excluding hydrogens is 245 g/mol. The van der Waals surface area contributed by atoms with Crippen LogP contribution in [-0.4, -0.2) is 19.1 Å². The highest BCUT2D eigenvalue weighted by Gasteiger charge is 2.20. The van der Waals surface area contributed by atoms with E-state index in [1.165, 1.54) is 0 Å². The topological polar surface area (TPSA) is 38.3 Å². The summed E-state index contributed by atoms with van der Waals surface area (Å²) in [6.07, 6.45) is 1.74. The van der Waals surface area contributed by atoms with Crippen LogP contribution in [-0.2, 0) is 9.53 Å². The fraction of sp³-hybridized carbons (Fsp3) is 0.833. The van der Waals surface area contributed by atoms with Crippen LogP contribution in [0.3, 0.4) is 0 Å². The van der Waals surface area contributed by atoms with Crippen molar-refractivity contribution in [2.45, 2.75) is 12.8 Å². The molecule has 0 radical (unpaired) electrons. The van der Waals surface area contributed by atoms with Gasteiger partial charge in [-0.1, -0.05) is 0 Å². The number of amides is 1. The van der Waals surface area contributed by atoms with Crippen molar-refractivity contribution in [3.8, 4) is 0 Å². The summed E-state index contributed by atoms with van der Waals surface area (Å²) in [5, 5.41) is 0. The first-order chi connectivity index (χ1) is 4.84. The van der Waals surface area contributed by atoms with Gasteiger partial charge >= 0.3 is 0 Å². The number of rotatable bonds is 1. The van der Waals surface area contributed by atoms with E-state index >= 15 is 0 Å². The Morgan fingerprint density at radius 1 is 1.50 bits per heavy atom. The Bertz CT molecular complexity index is 123. The van der Waals surface area contributed by atoms with E-state index in [0.717, 1.165) is 26.1 Å². The first-order valence-electron chi connectivity index (χ1n) is 3.33. The number of hydrogen-bond acceptors (Lipinski definition) is 2. The van der Waals surface area contributed by atoms with Crippen molar-refractivity contribution in [2.24, 2.45) is 5.92 Å². The maximum atomic E-state index is 11.0. The number of carbonyl (C=O) groups excluding carboxylic acids is 1. The lowest BCUT2D eigenvalue weighted by molar-refractivity contribution is -0.125. The molecule has 4 heteroatoms. The molecule has 1 amide bonds. The minimum Gasteiger partial charge on any atom is -0.381 e. The molecular formula is C6H10INO2. The SMILES string of the molecule is O=C(NI)C1CCOCC1. The molecule has 1 saturated heterocycles. The summed E-state index contributed by atoms with van der Waals surface area (Å²) < 4.78 is 7.72. The van der Waals surface area contributed by atoms with Crippen LogP contribution in [0.25, 0.3) is 0 Å². The van der Waals surface area contributed by atoms with E-state index < -0.39 is 0 Å². The van der Waals surface area contributed by atoms with E-state index in [2.05, 4.69) is 3.53 Å². The molecule has 0 aromatic heterocycles. The van der Waals surface area contributed by atoms with Crippen LogP contribution in [0.15, 0.2) is 0 Å². The minimum atomic E-state index is 0.143. The van der Waals surface area contributed by atoms with Crippen molar-refractivity contribution in [2.75, 3.05) is 13.2 Å². The van der Waals surface area contributed by atoms with Crippen LogP contribution in [0, 0.1) is 5.92 Å². The molecule has 0 aromatic rings. The Labute approximate surface area is 74.0 Å². The first-order valence-corrected chi connectivity index (χ1v) is 4.40. The second kappa shape index (κ2) is 4.12.